The van der Waals surface area contributed by atoms with Crippen LogP contribution in [0.4, 0.5) is 10.5 Å². The van der Waals surface area contributed by atoms with E-state index in [1.54, 1.807) is 38.4 Å². The third kappa shape index (κ3) is 7.00. The van der Waals surface area contributed by atoms with Crippen molar-refractivity contribution in [3.05, 3.63) is 69.1 Å². The van der Waals surface area contributed by atoms with Gasteiger partial charge in [0.2, 0.25) is 0 Å². The summed E-state index contributed by atoms with van der Waals surface area (Å²) in [7, 11) is 0.811. The highest BCUT2D eigenvalue weighted by Gasteiger charge is 2.22. The fourth-order valence-electron chi connectivity index (χ4n) is 4.82. The normalized spacial score (nSPS) is 14.3. The van der Waals surface area contributed by atoms with Gasteiger partial charge in [-0.25, -0.2) is 14.3 Å². The lowest BCUT2D eigenvalue weighted by molar-refractivity contribution is 0.172. The summed E-state index contributed by atoms with van der Waals surface area (Å²) in [6, 6.07) is 10.5. The molecule has 0 spiro atoms. The van der Waals surface area contributed by atoms with Crippen LogP contribution in [0.5, 0.6) is 5.75 Å². The Morgan fingerprint density at radius 1 is 1.12 bits per heavy atom. The number of amides is 1. The van der Waals surface area contributed by atoms with E-state index in [1.165, 1.54) is 11.9 Å². The van der Waals surface area contributed by atoms with Gasteiger partial charge in [-0.3, -0.25) is 9.62 Å². The molecular formula is C28H37N5O6S. The van der Waals surface area contributed by atoms with Gasteiger partial charge in [-0.05, 0) is 41.3 Å². The molecular weight excluding hydrogens is 534 g/mol. The third-order valence-corrected chi connectivity index (χ3v) is 7.93. The number of hydrogen-bond acceptors (Lipinski definition) is 8. The Hall–Kier alpha value is -3.45. The maximum Gasteiger partial charge on any atom is 0.414 e. The zero-order chi connectivity index (χ0) is 28.9. The van der Waals surface area contributed by atoms with Crippen LogP contribution in [0, 0.1) is 0 Å². The van der Waals surface area contributed by atoms with E-state index < -0.39 is 21.9 Å². The summed E-state index contributed by atoms with van der Waals surface area (Å²) in [6.07, 6.45) is 1.17. The predicted octanol–water partition coefficient (Wildman–Crippen LogP) is 2.68. The van der Waals surface area contributed by atoms with Gasteiger partial charge < -0.3 is 19.4 Å². The van der Waals surface area contributed by atoms with Crippen LogP contribution in [0.25, 0.3) is 11.0 Å². The highest BCUT2D eigenvalue weighted by atomic mass is 32.2. The summed E-state index contributed by atoms with van der Waals surface area (Å²) in [5.74, 6) is 0.282. The molecule has 11 nitrogen and oxygen atoms in total. The molecule has 0 unspecified atom stereocenters. The molecule has 1 saturated heterocycles. The standard InChI is InChI=1S/C28H37N5O6S/c1-5-7-21-19(8-6-9-25(21)31-40(36,37)29-2)16-23-24(18-33-14-12-30-13-15-33)22-11-10-20(38-28(35)32(3)4)17-26(22)39-27(23)34/h6,8-11,17,29-31H,5,7,12-16,18H2,1-4H3. The van der Waals surface area contributed by atoms with Crippen molar-refractivity contribution in [2.75, 3.05) is 52.0 Å². The Labute approximate surface area is 234 Å². The molecule has 2 aromatic carbocycles. The number of anilines is 1. The van der Waals surface area contributed by atoms with Crippen molar-refractivity contribution in [1.82, 2.24) is 19.8 Å². The minimum absolute atomic E-state index is 0.279. The summed E-state index contributed by atoms with van der Waals surface area (Å²) in [5.41, 5.74) is 3.40. The van der Waals surface area contributed by atoms with Gasteiger partial charge >= 0.3 is 11.7 Å². The van der Waals surface area contributed by atoms with E-state index in [9.17, 15) is 18.0 Å². The van der Waals surface area contributed by atoms with Gasteiger partial charge in [0, 0.05) is 77.3 Å². The summed E-state index contributed by atoms with van der Waals surface area (Å²) >= 11 is 0. The van der Waals surface area contributed by atoms with Gasteiger partial charge in [0.25, 0.3) is 10.2 Å². The van der Waals surface area contributed by atoms with E-state index in [0.29, 0.717) is 29.8 Å². The molecule has 0 saturated carbocycles. The van der Waals surface area contributed by atoms with Crippen molar-refractivity contribution in [2.45, 2.75) is 32.7 Å². The second kappa shape index (κ2) is 12.8. The van der Waals surface area contributed by atoms with Crippen molar-refractivity contribution >= 4 is 33.0 Å². The second-order valence-corrected chi connectivity index (χ2v) is 11.6. The van der Waals surface area contributed by atoms with Crippen LogP contribution in [0.3, 0.4) is 0 Å². The molecule has 1 fully saturated rings. The molecule has 0 radical (unpaired) electrons. The average Bonchev–Trinajstić information content (AvgIpc) is 2.92. The van der Waals surface area contributed by atoms with Crippen LogP contribution in [0.15, 0.2) is 45.6 Å². The number of hydrogen-bond donors (Lipinski definition) is 3. The van der Waals surface area contributed by atoms with Crippen molar-refractivity contribution < 1.29 is 22.4 Å². The van der Waals surface area contributed by atoms with Crippen LogP contribution in [-0.4, -0.2) is 71.6 Å². The topological polar surface area (TPSA) is 133 Å². The van der Waals surface area contributed by atoms with Crippen molar-refractivity contribution in [3.63, 3.8) is 0 Å². The van der Waals surface area contributed by atoms with Gasteiger partial charge in [0.1, 0.15) is 11.3 Å². The largest absolute Gasteiger partial charge is 0.422 e. The number of nitrogens with zero attached hydrogens (tertiary/aromatic N) is 2. The molecule has 0 aliphatic carbocycles. The summed E-state index contributed by atoms with van der Waals surface area (Å²) in [5, 5.41) is 4.12. The zero-order valence-electron chi connectivity index (χ0n) is 23.4. The van der Waals surface area contributed by atoms with Crippen LogP contribution in [-0.2, 0) is 29.6 Å². The first-order valence-corrected chi connectivity index (χ1v) is 14.8. The van der Waals surface area contributed by atoms with Crippen LogP contribution >= 0.6 is 0 Å². The summed E-state index contributed by atoms with van der Waals surface area (Å²) in [6.45, 7) is 5.95. The molecule has 0 atom stereocenters. The number of fused-ring (bicyclic) bond motifs is 1. The monoisotopic (exact) mass is 571 g/mol. The fourth-order valence-corrected chi connectivity index (χ4v) is 5.40. The molecule has 1 aromatic heterocycles. The number of benzene rings is 2. The van der Waals surface area contributed by atoms with Gasteiger partial charge in [0.15, 0.2) is 0 Å². The Morgan fingerprint density at radius 3 is 2.55 bits per heavy atom. The van der Waals surface area contributed by atoms with E-state index in [1.807, 2.05) is 19.1 Å². The van der Waals surface area contributed by atoms with E-state index in [-0.39, 0.29) is 12.2 Å². The Morgan fingerprint density at radius 2 is 1.88 bits per heavy atom. The Bertz CT molecular complexity index is 1530. The van der Waals surface area contributed by atoms with Crippen molar-refractivity contribution in [2.24, 2.45) is 0 Å². The van der Waals surface area contributed by atoms with Gasteiger partial charge in [0.05, 0.1) is 5.69 Å². The molecule has 2 heterocycles. The number of ether oxygens (including phenoxy) is 1. The van der Waals surface area contributed by atoms with E-state index >= 15 is 0 Å². The first-order valence-electron chi connectivity index (χ1n) is 13.3. The zero-order valence-corrected chi connectivity index (χ0v) is 24.2. The lowest BCUT2D eigenvalue weighted by atomic mass is 9.93. The molecule has 3 aromatic rings. The first-order chi connectivity index (χ1) is 19.1. The lowest BCUT2D eigenvalue weighted by Crippen LogP contribution is -2.43. The van der Waals surface area contributed by atoms with Crippen LogP contribution < -0.4 is 25.1 Å². The summed E-state index contributed by atoms with van der Waals surface area (Å²) < 4.78 is 40.6. The fraction of sp³-hybridized carbons (Fsp3) is 0.429. The number of rotatable bonds is 10. The highest BCUT2D eigenvalue weighted by molar-refractivity contribution is 7.90. The van der Waals surface area contributed by atoms with Gasteiger partial charge in [-0.1, -0.05) is 25.5 Å². The Balaban J connectivity index is 1.82. The molecule has 1 amide bonds. The van der Waals surface area contributed by atoms with E-state index in [0.717, 1.165) is 54.7 Å². The van der Waals surface area contributed by atoms with Crippen LogP contribution in [0.2, 0.25) is 0 Å². The number of carbonyl (C=O) groups is 1. The number of nitrogens with one attached hydrogen (secondary N) is 3. The molecule has 12 heteroatoms. The first kappa shape index (κ1) is 29.5. The average molecular weight is 572 g/mol. The molecule has 40 heavy (non-hydrogen) atoms. The maximum atomic E-state index is 13.5. The van der Waals surface area contributed by atoms with Crippen molar-refractivity contribution in [3.8, 4) is 5.75 Å². The van der Waals surface area contributed by atoms with Gasteiger partial charge in [-0.15, -0.1) is 0 Å². The molecule has 1 aliphatic heterocycles. The molecule has 0 bridgehead atoms. The quantitative estimate of drug-likeness (QED) is 0.317. The maximum absolute atomic E-state index is 13.5. The number of piperazine rings is 1. The molecule has 4 rings (SSSR count). The number of carbonyl (C=O) groups excluding carboxylic acids is 1. The molecule has 216 valence electrons. The van der Waals surface area contributed by atoms with Crippen molar-refractivity contribution in [1.29, 1.82) is 0 Å². The smallest absolute Gasteiger partial charge is 0.414 e. The third-order valence-electron chi connectivity index (χ3n) is 6.91. The Kier molecular flexibility index (Phi) is 9.46. The minimum Gasteiger partial charge on any atom is -0.422 e. The highest BCUT2D eigenvalue weighted by Crippen LogP contribution is 2.30. The van der Waals surface area contributed by atoms with E-state index in [2.05, 4.69) is 19.7 Å². The molecule has 1 aliphatic rings. The lowest BCUT2D eigenvalue weighted by Gasteiger charge is -2.28. The SMILES string of the molecule is CCCc1c(Cc2c(CN3CCNCC3)c3ccc(OC(=O)N(C)C)cc3oc2=O)cccc1NS(=O)(=O)NC. The minimum atomic E-state index is -3.72. The van der Waals surface area contributed by atoms with Crippen LogP contribution in [0.1, 0.15) is 35.6 Å². The predicted molar refractivity (Wildman–Crippen MR) is 155 cm³/mol. The molecule has 3 N–H and O–H groups in total. The van der Waals surface area contributed by atoms with E-state index in [4.69, 9.17) is 9.15 Å². The second-order valence-electron chi connectivity index (χ2n) is 9.97. The summed E-state index contributed by atoms with van der Waals surface area (Å²) in [4.78, 5) is 29.2. The van der Waals surface area contributed by atoms with Gasteiger partial charge in [-0.2, -0.15) is 8.42 Å².